The van der Waals surface area contributed by atoms with Crippen molar-refractivity contribution in [3.05, 3.63) is 41.2 Å². The van der Waals surface area contributed by atoms with Crippen molar-refractivity contribution in [3.63, 3.8) is 0 Å². The molecular weight excluding hydrogens is 364 g/mol. The van der Waals surface area contributed by atoms with E-state index < -0.39 is 0 Å². The molecule has 158 valence electrons. The zero-order chi connectivity index (χ0) is 20.1. The smallest absolute Gasteiger partial charge is 0.173 e. The molecule has 1 aliphatic carbocycles. The lowest BCUT2D eigenvalue weighted by atomic mass is 9.93. The molecule has 2 aliphatic rings. The topological polar surface area (TPSA) is 59.3 Å². The molecule has 0 bridgehead atoms. The number of ether oxygens (including phenoxy) is 1. The van der Waals surface area contributed by atoms with Crippen LogP contribution in [0.3, 0.4) is 0 Å². The summed E-state index contributed by atoms with van der Waals surface area (Å²) in [6.07, 6.45) is 6.94. The van der Waals surface area contributed by atoms with Crippen molar-refractivity contribution in [2.45, 2.75) is 57.7 Å². The highest BCUT2D eigenvalue weighted by Crippen LogP contribution is 2.30. The molecule has 1 atom stereocenters. The monoisotopic (exact) mass is 398 g/mol. The summed E-state index contributed by atoms with van der Waals surface area (Å²) >= 11 is 0. The number of hydrogen-bond acceptors (Lipinski definition) is 6. The lowest BCUT2D eigenvalue weighted by Crippen LogP contribution is -2.52. The van der Waals surface area contributed by atoms with Crippen LogP contribution in [-0.2, 0) is 11.3 Å². The summed E-state index contributed by atoms with van der Waals surface area (Å²) < 4.78 is 7.17. The molecule has 0 spiro atoms. The zero-order valence-corrected chi connectivity index (χ0v) is 17.8. The molecule has 7 nitrogen and oxygen atoms in total. The van der Waals surface area contributed by atoms with Crippen molar-refractivity contribution in [2.24, 2.45) is 0 Å². The Morgan fingerprint density at radius 1 is 1.03 bits per heavy atom. The van der Waals surface area contributed by atoms with E-state index in [2.05, 4.69) is 56.5 Å². The van der Waals surface area contributed by atoms with Crippen LogP contribution >= 0.6 is 0 Å². The highest BCUT2D eigenvalue weighted by Gasteiger charge is 2.32. The normalized spacial score (nSPS) is 20.8. The molecule has 0 radical (unpaired) electrons. The molecule has 1 aromatic heterocycles. The molecule has 0 unspecified atom stereocenters. The van der Waals surface area contributed by atoms with E-state index in [1.807, 2.05) is 4.68 Å². The second kappa shape index (κ2) is 9.78. The number of piperazine rings is 1. The predicted octanol–water partition coefficient (Wildman–Crippen LogP) is 2.67. The molecule has 1 aliphatic heterocycles. The number of rotatable bonds is 7. The second-order valence-corrected chi connectivity index (χ2v) is 8.43. The Labute approximate surface area is 174 Å². The molecule has 4 rings (SSSR count). The Morgan fingerprint density at radius 3 is 2.45 bits per heavy atom. The van der Waals surface area contributed by atoms with Gasteiger partial charge < -0.3 is 4.74 Å². The van der Waals surface area contributed by atoms with Crippen LogP contribution in [0, 0.1) is 6.92 Å². The molecule has 29 heavy (non-hydrogen) atoms. The summed E-state index contributed by atoms with van der Waals surface area (Å²) in [7, 11) is 1.71. The van der Waals surface area contributed by atoms with Crippen molar-refractivity contribution in [1.82, 2.24) is 30.0 Å². The molecule has 2 fully saturated rings. The van der Waals surface area contributed by atoms with Gasteiger partial charge in [0.15, 0.2) is 5.82 Å². The molecule has 7 heteroatoms. The summed E-state index contributed by atoms with van der Waals surface area (Å²) in [5, 5.41) is 12.7. The van der Waals surface area contributed by atoms with Crippen molar-refractivity contribution >= 4 is 0 Å². The standard InChI is InChI=1S/C22H34N6O/c1-18-8-10-19(11-9-18)21(22-23-24-25-28(22)16-17-29-2)27-14-12-26(13-15-27)20-6-4-3-5-7-20/h8-11,20-21H,3-7,12-17H2,1-2H3/t21-/m1/s1. The van der Waals surface area contributed by atoms with E-state index in [4.69, 9.17) is 4.74 Å². The summed E-state index contributed by atoms with van der Waals surface area (Å²) in [4.78, 5) is 5.27. The van der Waals surface area contributed by atoms with E-state index in [9.17, 15) is 0 Å². The van der Waals surface area contributed by atoms with E-state index in [0.29, 0.717) is 13.2 Å². The molecule has 1 saturated carbocycles. The van der Waals surface area contributed by atoms with Crippen LogP contribution in [0.15, 0.2) is 24.3 Å². The van der Waals surface area contributed by atoms with Crippen LogP contribution in [0.2, 0.25) is 0 Å². The number of tetrazole rings is 1. The van der Waals surface area contributed by atoms with Gasteiger partial charge in [0.25, 0.3) is 0 Å². The summed E-state index contributed by atoms with van der Waals surface area (Å²) in [5.74, 6) is 0.914. The molecule has 1 saturated heterocycles. The lowest BCUT2D eigenvalue weighted by molar-refractivity contribution is 0.0615. The Hall–Kier alpha value is -1.83. The van der Waals surface area contributed by atoms with Crippen LogP contribution in [0.5, 0.6) is 0 Å². The van der Waals surface area contributed by atoms with Crippen LogP contribution < -0.4 is 0 Å². The van der Waals surface area contributed by atoms with Gasteiger partial charge in [0.1, 0.15) is 0 Å². The van der Waals surface area contributed by atoms with Crippen molar-refractivity contribution < 1.29 is 4.74 Å². The maximum Gasteiger partial charge on any atom is 0.173 e. The first-order valence-electron chi connectivity index (χ1n) is 11.1. The second-order valence-electron chi connectivity index (χ2n) is 8.43. The van der Waals surface area contributed by atoms with Gasteiger partial charge >= 0.3 is 0 Å². The van der Waals surface area contributed by atoms with Gasteiger partial charge in [-0.05, 0) is 35.8 Å². The number of aryl methyl sites for hydroxylation is 1. The number of methoxy groups -OCH3 is 1. The minimum atomic E-state index is 0.0796. The number of hydrogen-bond donors (Lipinski definition) is 0. The first kappa shape index (κ1) is 20.4. The Bertz CT molecular complexity index is 747. The summed E-state index contributed by atoms with van der Waals surface area (Å²) in [6, 6.07) is 9.69. The van der Waals surface area contributed by atoms with Gasteiger partial charge in [-0.3, -0.25) is 9.80 Å². The predicted molar refractivity (Wildman–Crippen MR) is 113 cm³/mol. The highest BCUT2D eigenvalue weighted by atomic mass is 16.5. The largest absolute Gasteiger partial charge is 0.383 e. The van der Waals surface area contributed by atoms with E-state index in [1.165, 1.54) is 43.2 Å². The van der Waals surface area contributed by atoms with Crippen LogP contribution in [0.1, 0.15) is 55.1 Å². The van der Waals surface area contributed by atoms with Crippen LogP contribution in [0.4, 0.5) is 0 Å². The lowest BCUT2D eigenvalue weighted by Gasteiger charge is -2.43. The van der Waals surface area contributed by atoms with Gasteiger partial charge in [-0.15, -0.1) is 5.10 Å². The summed E-state index contributed by atoms with van der Waals surface area (Å²) in [5.41, 5.74) is 2.53. The Kier molecular flexibility index (Phi) is 6.90. The third kappa shape index (κ3) is 4.85. The van der Waals surface area contributed by atoms with Gasteiger partial charge in [-0.25, -0.2) is 4.68 Å². The Morgan fingerprint density at radius 2 is 1.76 bits per heavy atom. The van der Waals surface area contributed by atoms with Crippen molar-refractivity contribution in [1.29, 1.82) is 0 Å². The van der Waals surface area contributed by atoms with Gasteiger partial charge in [0.2, 0.25) is 0 Å². The van der Waals surface area contributed by atoms with Gasteiger partial charge in [0.05, 0.1) is 19.2 Å². The first-order chi connectivity index (χ1) is 14.3. The fraction of sp³-hybridized carbons (Fsp3) is 0.682. The Balaban J connectivity index is 1.53. The number of aromatic nitrogens is 4. The van der Waals surface area contributed by atoms with Crippen LogP contribution in [-0.4, -0.2) is 75.9 Å². The maximum absolute atomic E-state index is 5.26. The van der Waals surface area contributed by atoms with Crippen molar-refractivity contribution in [3.8, 4) is 0 Å². The number of benzene rings is 1. The van der Waals surface area contributed by atoms with E-state index >= 15 is 0 Å². The third-order valence-electron chi connectivity index (χ3n) is 6.51. The number of nitrogens with zero attached hydrogens (tertiary/aromatic N) is 6. The molecule has 1 aromatic carbocycles. The highest BCUT2D eigenvalue weighted by molar-refractivity contribution is 5.28. The minimum Gasteiger partial charge on any atom is -0.383 e. The minimum absolute atomic E-state index is 0.0796. The third-order valence-corrected chi connectivity index (χ3v) is 6.51. The fourth-order valence-corrected chi connectivity index (χ4v) is 4.82. The maximum atomic E-state index is 5.26. The SMILES string of the molecule is COCCn1nnnc1[C@@H](c1ccc(C)cc1)N1CCN(C2CCCCC2)CC1. The van der Waals surface area contributed by atoms with Gasteiger partial charge in [-0.1, -0.05) is 49.1 Å². The average Bonchev–Trinajstić information content (AvgIpc) is 3.23. The zero-order valence-electron chi connectivity index (χ0n) is 17.8. The van der Waals surface area contributed by atoms with E-state index in [-0.39, 0.29) is 6.04 Å². The van der Waals surface area contributed by atoms with Gasteiger partial charge in [-0.2, -0.15) is 0 Å². The first-order valence-corrected chi connectivity index (χ1v) is 11.1. The van der Waals surface area contributed by atoms with Gasteiger partial charge in [0, 0.05) is 39.3 Å². The molecule has 0 amide bonds. The van der Waals surface area contributed by atoms with E-state index in [1.54, 1.807) is 7.11 Å². The molecule has 2 aromatic rings. The molecule has 2 heterocycles. The van der Waals surface area contributed by atoms with E-state index in [0.717, 1.165) is 38.0 Å². The fourth-order valence-electron chi connectivity index (χ4n) is 4.82. The quantitative estimate of drug-likeness (QED) is 0.715. The van der Waals surface area contributed by atoms with Crippen LogP contribution in [0.25, 0.3) is 0 Å². The average molecular weight is 399 g/mol. The molecular formula is C22H34N6O. The summed E-state index contributed by atoms with van der Waals surface area (Å²) in [6.45, 7) is 7.76. The molecule has 0 N–H and O–H groups in total. The van der Waals surface area contributed by atoms with Crippen molar-refractivity contribution in [2.75, 3.05) is 39.9 Å².